The Bertz CT molecular complexity index is 902. The van der Waals surface area contributed by atoms with Crippen molar-refractivity contribution in [1.82, 2.24) is 9.88 Å². The molecule has 3 aromatic rings. The number of anilines is 1. The smallest absolute Gasteiger partial charge is 0.257 e. The summed E-state index contributed by atoms with van der Waals surface area (Å²) < 4.78 is 5.82. The van der Waals surface area contributed by atoms with Crippen molar-refractivity contribution in [2.45, 2.75) is 19.3 Å². The molecule has 6 heteroatoms. The zero-order valence-electron chi connectivity index (χ0n) is 15.6. The van der Waals surface area contributed by atoms with E-state index >= 15 is 0 Å². The SMILES string of the molecule is CN(CCCCc1cc2ccccc2o1)C(=O)c1cnccc1N(C)C=O. The summed E-state index contributed by atoms with van der Waals surface area (Å²) in [6, 6.07) is 11.7. The Morgan fingerprint density at radius 2 is 2.00 bits per heavy atom. The van der Waals surface area contributed by atoms with Crippen LogP contribution in [0.5, 0.6) is 0 Å². The number of aryl methyl sites for hydroxylation is 1. The number of benzene rings is 1. The monoisotopic (exact) mass is 365 g/mol. The lowest BCUT2D eigenvalue weighted by Crippen LogP contribution is -2.30. The molecule has 0 spiro atoms. The van der Waals surface area contributed by atoms with E-state index in [1.807, 2.05) is 24.3 Å². The van der Waals surface area contributed by atoms with Gasteiger partial charge >= 0.3 is 0 Å². The van der Waals surface area contributed by atoms with E-state index in [-0.39, 0.29) is 5.91 Å². The van der Waals surface area contributed by atoms with Crippen LogP contribution in [-0.2, 0) is 11.2 Å². The minimum Gasteiger partial charge on any atom is -0.461 e. The van der Waals surface area contributed by atoms with Crippen LogP contribution < -0.4 is 4.90 Å². The third-order valence-corrected chi connectivity index (χ3v) is 4.56. The highest BCUT2D eigenvalue weighted by atomic mass is 16.3. The molecule has 0 atom stereocenters. The number of amides is 2. The topological polar surface area (TPSA) is 66.7 Å². The van der Waals surface area contributed by atoms with Gasteiger partial charge in [0.2, 0.25) is 6.41 Å². The molecule has 0 unspecified atom stereocenters. The lowest BCUT2D eigenvalue weighted by atomic mass is 10.1. The molecule has 2 amide bonds. The first-order chi connectivity index (χ1) is 13.1. The molecule has 0 aliphatic heterocycles. The van der Waals surface area contributed by atoms with Crippen LogP contribution in [0.25, 0.3) is 11.0 Å². The van der Waals surface area contributed by atoms with E-state index in [0.29, 0.717) is 24.2 Å². The molecule has 27 heavy (non-hydrogen) atoms. The minimum atomic E-state index is -0.143. The Labute approximate surface area is 158 Å². The van der Waals surface area contributed by atoms with Crippen molar-refractivity contribution in [1.29, 1.82) is 0 Å². The van der Waals surface area contributed by atoms with Gasteiger partial charge in [-0.1, -0.05) is 18.2 Å². The fourth-order valence-electron chi connectivity index (χ4n) is 3.03. The van der Waals surface area contributed by atoms with Crippen molar-refractivity contribution in [3.05, 3.63) is 60.1 Å². The quantitative estimate of drug-likeness (QED) is 0.452. The number of para-hydroxylation sites is 1. The highest BCUT2D eigenvalue weighted by Gasteiger charge is 2.18. The maximum absolute atomic E-state index is 12.7. The molecule has 0 saturated heterocycles. The van der Waals surface area contributed by atoms with Crippen LogP contribution in [0.1, 0.15) is 29.0 Å². The fourth-order valence-corrected chi connectivity index (χ4v) is 3.03. The standard InChI is InChI=1S/C21H23N3O3/c1-23(21(26)18-14-22-11-10-19(18)24(2)15-25)12-6-5-8-17-13-16-7-3-4-9-20(16)27-17/h3-4,7,9-11,13-15H,5-6,8,12H2,1-2H3. The van der Waals surface area contributed by atoms with Gasteiger partial charge in [0, 0.05) is 44.8 Å². The molecule has 0 saturated carbocycles. The molecule has 1 aromatic carbocycles. The number of hydrogen-bond acceptors (Lipinski definition) is 4. The van der Waals surface area contributed by atoms with Crippen molar-refractivity contribution in [2.75, 3.05) is 25.5 Å². The highest BCUT2D eigenvalue weighted by molar-refractivity contribution is 6.01. The number of nitrogens with zero attached hydrogens (tertiary/aromatic N) is 3. The Morgan fingerprint density at radius 1 is 1.19 bits per heavy atom. The molecule has 6 nitrogen and oxygen atoms in total. The number of unbranched alkanes of at least 4 members (excludes halogenated alkanes) is 1. The largest absolute Gasteiger partial charge is 0.461 e. The summed E-state index contributed by atoms with van der Waals surface area (Å²) in [6.45, 7) is 0.623. The molecule has 0 bridgehead atoms. The number of carbonyl (C=O) groups is 2. The van der Waals surface area contributed by atoms with Crippen LogP contribution in [-0.4, -0.2) is 42.8 Å². The molecular formula is C21H23N3O3. The van der Waals surface area contributed by atoms with Gasteiger partial charge in [0.05, 0.1) is 11.3 Å². The number of rotatable bonds is 8. The number of carbonyl (C=O) groups excluding carboxylic acids is 2. The van der Waals surface area contributed by atoms with Gasteiger partial charge in [-0.2, -0.15) is 0 Å². The summed E-state index contributed by atoms with van der Waals surface area (Å²) in [6.07, 6.45) is 6.37. The van der Waals surface area contributed by atoms with Crippen LogP contribution in [0.4, 0.5) is 5.69 Å². The van der Waals surface area contributed by atoms with Crippen molar-refractivity contribution in [2.24, 2.45) is 0 Å². The van der Waals surface area contributed by atoms with Crippen LogP contribution in [0.2, 0.25) is 0 Å². The number of hydrogen-bond donors (Lipinski definition) is 0. The average Bonchev–Trinajstić information content (AvgIpc) is 3.12. The normalized spacial score (nSPS) is 10.7. The molecule has 2 heterocycles. The summed E-state index contributed by atoms with van der Waals surface area (Å²) >= 11 is 0. The van der Waals surface area contributed by atoms with Crippen LogP contribution in [0.15, 0.2) is 53.2 Å². The average molecular weight is 365 g/mol. The van der Waals surface area contributed by atoms with Gasteiger partial charge in [0.15, 0.2) is 0 Å². The molecule has 2 aromatic heterocycles. The van der Waals surface area contributed by atoms with Crippen molar-refractivity contribution < 1.29 is 14.0 Å². The van der Waals surface area contributed by atoms with E-state index in [2.05, 4.69) is 11.1 Å². The Balaban J connectivity index is 1.54. The molecule has 0 fully saturated rings. The third kappa shape index (κ3) is 4.34. The van der Waals surface area contributed by atoms with Gasteiger partial charge in [0.1, 0.15) is 11.3 Å². The summed E-state index contributed by atoms with van der Waals surface area (Å²) in [7, 11) is 3.38. The first kappa shape index (κ1) is 18.6. The second kappa shape index (κ2) is 8.49. The zero-order valence-corrected chi connectivity index (χ0v) is 15.6. The maximum Gasteiger partial charge on any atom is 0.257 e. The highest BCUT2D eigenvalue weighted by Crippen LogP contribution is 2.21. The van der Waals surface area contributed by atoms with Gasteiger partial charge in [-0.15, -0.1) is 0 Å². The van der Waals surface area contributed by atoms with Crippen molar-refractivity contribution >= 4 is 29.0 Å². The molecule has 0 aliphatic carbocycles. The number of pyridine rings is 1. The van der Waals surface area contributed by atoms with E-state index in [9.17, 15) is 9.59 Å². The van der Waals surface area contributed by atoms with Gasteiger partial charge < -0.3 is 14.2 Å². The second-order valence-corrected chi connectivity index (χ2v) is 6.54. The summed E-state index contributed by atoms with van der Waals surface area (Å²) in [5.41, 5.74) is 1.88. The summed E-state index contributed by atoms with van der Waals surface area (Å²) in [5.74, 6) is 0.822. The summed E-state index contributed by atoms with van der Waals surface area (Å²) in [4.78, 5) is 30.8. The Kier molecular flexibility index (Phi) is 5.86. The molecule has 0 radical (unpaired) electrons. The Hall–Kier alpha value is -3.15. The van der Waals surface area contributed by atoms with Gasteiger partial charge in [-0.05, 0) is 31.0 Å². The lowest BCUT2D eigenvalue weighted by molar-refractivity contribution is -0.107. The van der Waals surface area contributed by atoms with E-state index < -0.39 is 0 Å². The summed E-state index contributed by atoms with van der Waals surface area (Å²) in [5, 5.41) is 1.11. The van der Waals surface area contributed by atoms with E-state index in [1.54, 1.807) is 31.3 Å². The van der Waals surface area contributed by atoms with E-state index in [0.717, 1.165) is 36.0 Å². The first-order valence-corrected chi connectivity index (χ1v) is 8.95. The second-order valence-electron chi connectivity index (χ2n) is 6.54. The molecule has 0 aliphatic rings. The number of aromatic nitrogens is 1. The van der Waals surface area contributed by atoms with Crippen LogP contribution in [0, 0.1) is 0 Å². The van der Waals surface area contributed by atoms with Crippen molar-refractivity contribution in [3.8, 4) is 0 Å². The number of fused-ring (bicyclic) bond motifs is 1. The third-order valence-electron chi connectivity index (χ3n) is 4.56. The molecule has 0 N–H and O–H groups in total. The molecule has 140 valence electrons. The maximum atomic E-state index is 12.7. The van der Waals surface area contributed by atoms with E-state index in [4.69, 9.17) is 4.42 Å². The predicted octanol–water partition coefficient (Wildman–Crippen LogP) is 3.52. The van der Waals surface area contributed by atoms with Gasteiger partial charge in [-0.25, -0.2) is 0 Å². The fraction of sp³-hybridized carbons (Fsp3) is 0.286. The number of furan rings is 1. The van der Waals surface area contributed by atoms with Crippen LogP contribution in [0.3, 0.4) is 0 Å². The van der Waals surface area contributed by atoms with Gasteiger partial charge in [0.25, 0.3) is 5.91 Å². The Morgan fingerprint density at radius 3 is 2.78 bits per heavy atom. The predicted molar refractivity (Wildman–Crippen MR) is 105 cm³/mol. The van der Waals surface area contributed by atoms with Gasteiger partial charge in [-0.3, -0.25) is 14.6 Å². The van der Waals surface area contributed by atoms with Crippen LogP contribution >= 0.6 is 0 Å². The molecular weight excluding hydrogens is 342 g/mol. The first-order valence-electron chi connectivity index (χ1n) is 8.95. The zero-order chi connectivity index (χ0) is 19.2. The lowest BCUT2D eigenvalue weighted by Gasteiger charge is -2.20. The van der Waals surface area contributed by atoms with E-state index in [1.165, 1.54) is 11.1 Å². The van der Waals surface area contributed by atoms with Crippen molar-refractivity contribution in [3.63, 3.8) is 0 Å². The minimum absolute atomic E-state index is 0.143. The molecule has 3 rings (SSSR count).